The van der Waals surface area contributed by atoms with Crippen molar-refractivity contribution in [2.24, 2.45) is 5.92 Å². The molecule has 0 heterocycles. The highest BCUT2D eigenvalue weighted by Gasteiger charge is 2.48. The van der Waals surface area contributed by atoms with E-state index in [0.717, 1.165) is 0 Å². The highest BCUT2D eigenvalue weighted by Crippen LogP contribution is 2.43. The second kappa shape index (κ2) is 2.80. The molecule has 3 nitrogen and oxygen atoms in total. The first-order valence-corrected chi connectivity index (χ1v) is 3.53. The van der Waals surface area contributed by atoms with Gasteiger partial charge < -0.3 is 5.11 Å². The molecular formula is C7H8F2O3. The van der Waals surface area contributed by atoms with Gasteiger partial charge in [-0.3, -0.25) is 9.59 Å². The van der Waals surface area contributed by atoms with E-state index in [1.807, 2.05) is 0 Å². The Morgan fingerprint density at radius 1 is 1.42 bits per heavy atom. The lowest BCUT2D eigenvalue weighted by Crippen LogP contribution is -2.40. The largest absolute Gasteiger partial charge is 0.481 e. The predicted octanol–water partition coefficient (Wildman–Crippen LogP) is 1.08. The van der Waals surface area contributed by atoms with Crippen molar-refractivity contribution in [3.63, 3.8) is 0 Å². The van der Waals surface area contributed by atoms with Crippen LogP contribution in [-0.2, 0) is 9.59 Å². The Balaban J connectivity index is 2.33. The van der Waals surface area contributed by atoms with Crippen molar-refractivity contribution in [3.8, 4) is 0 Å². The van der Waals surface area contributed by atoms with Crippen molar-refractivity contribution >= 4 is 11.8 Å². The molecule has 1 aliphatic rings. The molecular weight excluding hydrogens is 170 g/mol. The summed E-state index contributed by atoms with van der Waals surface area (Å²) in [6, 6.07) is 0. The topological polar surface area (TPSA) is 54.4 Å². The van der Waals surface area contributed by atoms with Gasteiger partial charge in [0, 0.05) is 18.8 Å². The average Bonchev–Trinajstić information content (AvgIpc) is 1.80. The van der Waals surface area contributed by atoms with Crippen LogP contribution in [0.5, 0.6) is 0 Å². The van der Waals surface area contributed by atoms with Crippen LogP contribution in [-0.4, -0.2) is 22.8 Å². The maximum atomic E-state index is 12.2. The van der Waals surface area contributed by atoms with Crippen LogP contribution >= 0.6 is 0 Å². The number of carbonyl (C=O) groups is 2. The van der Waals surface area contributed by atoms with Gasteiger partial charge >= 0.3 is 5.97 Å². The third kappa shape index (κ3) is 1.99. The zero-order valence-electron chi connectivity index (χ0n) is 6.22. The molecule has 5 heteroatoms. The van der Waals surface area contributed by atoms with Crippen LogP contribution in [0.1, 0.15) is 19.3 Å². The van der Waals surface area contributed by atoms with E-state index in [1.54, 1.807) is 0 Å². The summed E-state index contributed by atoms with van der Waals surface area (Å²) in [6.45, 7) is 0. The number of rotatable bonds is 3. The molecule has 0 aromatic rings. The fourth-order valence-electron chi connectivity index (χ4n) is 1.18. The molecule has 0 saturated heterocycles. The molecule has 1 saturated carbocycles. The minimum Gasteiger partial charge on any atom is -0.481 e. The fourth-order valence-corrected chi connectivity index (χ4v) is 1.18. The molecule has 0 atom stereocenters. The van der Waals surface area contributed by atoms with E-state index in [0.29, 0.717) is 0 Å². The van der Waals surface area contributed by atoms with Gasteiger partial charge in [-0.15, -0.1) is 0 Å². The zero-order valence-corrected chi connectivity index (χ0v) is 6.22. The van der Waals surface area contributed by atoms with Crippen molar-refractivity contribution in [1.29, 1.82) is 0 Å². The Kier molecular flexibility index (Phi) is 2.12. The molecule has 12 heavy (non-hydrogen) atoms. The molecule has 1 rings (SSSR count). The van der Waals surface area contributed by atoms with Gasteiger partial charge in [-0.1, -0.05) is 0 Å². The summed E-state index contributed by atoms with van der Waals surface area (Å²) in [7, 11) is 0. The van der Waals surface area contributed by atoms with Gasteiger partial charge in [0.15, 0.2) is 0 Å². The molecule has 0 aromatic carbocycles. The summed E-state index contributed by atoms with van der Waals surface area (Å²) >= 11 is 0. The monoisotopic (exact) mass is 178 g/mol. The van der Waals surface area contributed by atoms with Crippen LogP contribution in [0, 0.1) is 5.92 Å². The molecule has 1 fully saturated rings. The van der Waals surface area contributed by atoms with E-state index in [1.165, 1.54) is 0 Å². The van der Waals surface area contributed by atoms with Gasteiger partial charge in [-0.25, -0.2) is 8.78 Å². The van der Waals surface area contributed by atoms with Crippen molar-refractivity contribution < 1.29 is 23.5 Å². The maximum absolute atomic E-state index is 12.2. The molecule has 0 radical (unpaired) electrons. The minimum absolute atomic E-state index is 0.487. The Morgan fingerprint density at radius 2 is 1.92 bits per heavy atom. The van der Waals surface area contributed by atoms with Crippen LogP contribution in [0.4, 0.5) is 8.78 Å². The number of carboxylic acids is 1. The summed E-state index contributed by atoms with van der Waals surface area (Å²) in [6.07, 6.45) is -1.61. The highest BCUT2D eigenvalue weighted by molar-refractivity contribution is 5.96. The first-order valence-electron chi connectivity index (χ1n) is 3.53. The summed E-state index contributed by atoms with van der Waals surface area (Å²) in [5.74, 6) is -5.33. The second-order valence-corrected chi connectivity index (χ2v) is 3.00. The predicted molar refractivity (Wildman–Crippen MR) is 34.9 cm³/mol. The summed E-state index contributed by atoms with van der Waals surface area (Å²) in [5, 5.41) is 8.17. The standard InChI is InChI=1S/C7H8F2O3/c8-7(9)2-4(3-7)5(10)1-6(11)12/h4H,1-3H2,(H,11,12). The highest BCUT2D eigenvalue weighted by atomic mass is 19.3. The van der Waals surface area contributed by atoms with Gasteiger partial charge in [-0.2, -0.15) is 0 Å². The van der Waals surface area contributed by atoms with E-state index < -0.39 is 42.9 Å². The molecule has 0 amide bonds. The normalized spacial score (nSPS) is 21.5. The first kappa shape index (κ1) is 9.09. The molecule has 0 spiro atoms. The fraction of sp³-hybridized carbons (Fsp3) is 0.714. The molecule has 1 aliphatic carbocycles. The number of ketones is 1. The van der Waals surface area contributed by atoms with Gasteiger partial charge in [-0.05, 0) is 0 Å². The van der Waals surface area contributed by atoms with Crippen molar-refractivity contribution in [2.75, 3.05) is 0 Å². The zero-order chi connectivity index (χ0) is 9.35. The number of hydrogen-bond donors (Lipinski definition) is 1. The summed E-state index contributed by atoms with van der Waals surface area (Å²) in [4.78, 5) is 20.8. The van der Waals surface area contributed by atoms with Crippen molar-refractivity contribution in [2.45, 2.75) is 25.2 Å². The van der Waals surface area contributed by atoms with Crippen molar-refractivity contribution in [3.05, 3.63) is 0 Å². The van der Waals surface area contributed by atoms with Gasteiger partial charge in [0.1, 0.15) is 12.2 Å². The molecule has 0 aromatic heterocycles. The molecule has 0 unspecified atom stereocenters. The van der Waals surface area contributed by atoms with E-state index in [4.69, 9.17) is 5.11 Å². The minimum atomic E-state index is -2.75. The SMILES string of the molecule is O=C(O)CC(=O)C1CC(F)(F)C1. The van der Waals surface area contributed by atoms with Crippen LogP contribution in [0.3, 0.4) is 0 Å². The Morgan fingerprint density at radius 3 is 2.25 bits per heavy atom. The van der Waals surface area contributed by atoms with E-state index in [-0.39, 0.29) is 0 Å². The molecule has 0 aliphatic heterocycles. The average molecular weight is 178 g/mol. The Hall–Kier alpha value is -1.00. The number of hydrogen-bond acceptors (Lipinski definition) is 2. The third-order valence-corrected chi connectivity index (χ3v) is 1.87. The molecule has 0 bridgehead atoms. The quantitative estimate of drug-likeness (QED) is 0.658. The lowest BCUT2D eigenvalue weighted by molar-refractivity contribution is -0.153. The number of carboxylic acid groups (broad SMARTS) is 1. The lowest BCUT2D eigenvalue weighted by Gasteiger charge is -2.33. The number of Topliss-reactive ketones (excluding diaryl/α,β-unsaturated/α-hetero) is 1. The van der Waals surface area contributed by atoms with Gasteiger partial charge in [0.05, 0.1) is 0 Å². The van der Waals surface area contributed by atoms with Gasteiger partial charge in [0.25, 0.3) is 0 Å². The number of aliphatic carboxylic acids is 1. The summed E-state index contributed by atoms with van der Waals surface area (Å²) in [5.41, 5.74) is 0. The van der Waals surface area contributed by atoms with Gasteiger partial charge in [0.2, 0.25) is 5.92 Å². The lowest BCUT2D eigenvalue weighted by atomic mass is 9.78. The first-order chi connectivity index (χ1) is 5.41. The van der Waals surface area contributed by atoms with Crippen molar-refractivity contribution in [1.82, 2.24) is 0 Å². The Labute approximate surface area is 67.4 Å². The van der Waals surface area contributed by atoms with E-state index >= 15 is 0 Å². The number of halogens is 2. The number of carbonyl (C=O) groups excluding carboxylic acids is 1. The van der Waals surface area contributed by atoms with Crippen LogP contribution in [0.15, 0.2) is 0 Å². The van der Waals surface area contributed by atoms with Crippen LogP contribution in [0.2, 0.25) is 0 Å². The maximum Gasteiger partial charge on any atom is 0.310 e. The molecule has 68 valence electrons. The smallest absolute Gasteiger partial charge is 0.310 e. The van der Waals surface area contributed by atoms with Crippen LogP contribution < -0.4 is 0 Å². The molecule has 1 N–H and O–H groups in total. The van der Waals surface area contributed by atoms with E-state index in [2.05, 4.69) is 0 Å². The summed E-state index contributed by atoms with van der Waals surface area (Å²) < 4.78 is 24.4. The third-order valence-electron chi connectivity index (χ3n) is 1.87. The Bertz CT molecular complexity index is 217. The second-order valence-electron chi connectivity index (χ2n) is 3.00. The van der Waals surface area contributed by atoms with Crippen LogP contribution in [0.25, 0.3) is 0 Å². The number of alkyl halides is 2. The van der Waals surface area contributed by atoms with E-state index in [9.17, 15) is 18.4 Å².